The highest BCUT2D eigenvalue weighted by atomic mass is 16.5. The lowest BCUT2D eigenvalue weighted by Crippen LogP contribution is -2.32. The molecule has 0 unspecified atom stereocenters. The van der Waals surface area contributed by atoms with Crippen LogP contribution in [0.25, 0.3) is 17.4 Å². The standard InChI is InChI=1S/C20H18N2O5/c21-11-15(19(23)22-12-17-5-2-8-26-17)10-16-6-7-18(27-16)13-3-1-4-14(9-13)20(24)25/h1,3-4,6-7,9-10,17H,2,5,8,12H2,(H,22,23)(H,24,25)/p-1/b15-10+/t17-/m1/s1. The van der Waals surface area contributed by atoms with Gasteiger partial charge in [-0.05, 0) is 36.6 Å². The number of nitriles is 1. The zero-order chi connectivity index (χ0) is 19.2. The SMILES string of the molecule is N#C/C(=C\c1ccc(-c2cccc(C(=O)[O-])c2)o1)C(=O)NC[C@H]1CCCO1. The summed E-state index contributed by atoms with van der Waals surface area (Å²) in [5.41, 5.74) is 0.502. The van der Waals surface area contributed by atoms with Gasteiger partial charge in [0.05, 0.1) is 12.1 Å². The first-order valence-electron chi connectivity index (χ1n) is 8.50. The third kappa shape index (κ3) is 4.63. The minimum atomic E-state index is -1.28. The summed E-state index contributed by atoms with van der Waals surface area (Å²) in [5.74, 6) is -1.04. The van der Waals surface area contributed by atoms with Crippen LogP contribution in [0, 0.1) is 11.3 Å². The minimum absolute atomic E-state index is 0.0138. The van der Waals surface area contributed by atoms with Crippen molar-refractivity contribution in [1.82, 2.24) is 5.32 Å². The lowest BCUT2D eigenvalue weighted by Gasteiger charge is -2.09. The summed E-state index contributed by atoms with van der Waals surface area (Å²) in [6, 6.07) is 11.2. The number of rotatable bonds is 6. The molecule has 3 rings (SSSR count). The summed E-state index contributed by atoms with van der Waals surface area (Å²) in [6.45, 7) is 1.05. The van der Waals surface area contributed by atoms with Crippen LogP contribution < -0.4 is 10.4 Å². The smallest absolute Gasteiger partial charge is 0.262 e. The van der Waals surface area contributed by atoms with Gasteiger partial charge in [-0.2, -0.15) is 5.26 Å². The van der Waals surface area contributed by atoms with Crippen molar-refractivity contribution < 1.29 is 23.8 Å². The summed E-state index contributed by atoms with van der Waals surface area (Å²) in [6.07, 6.45) is 3.19. The first-order chi connectivity index (χ1) is 13.1. The molecular formula is C20H17N2O5-. The van der Waals surface area contributed by atoms with Gasteiger partial charge < -0.3 is 24.4 Å². The highest BCUT2D eigenvalue weighted by Gasteiger charge is 2.18. The molecule has 1 amide bonds. The molecule has 0 saturated carbocycles. The molecule has 0 aliphatic carbocycles. The molecule has 1 aromatic carbocycles. The van der Waals surface area contributed by atoms with Crippen LogP contribution in [-0.2, 0) is 9.53 Å². The third-order valence-electron chi connectivity index (χ3n) is 4.18. The minimum Gasteiger partial charge on any atom is -0.545 e. The van der Waals surface area contributed by atoms with Gasteiger partial charge in [0.1, 0.15) is 23.2 Å². The number of hydrogen-bond donors (Lipinski definition) is 1. The number of aromatic carboxylic acids is 1. The van der Waals surface area contributed by atoms with Crippen molar-refractivity contribution in [3.8, 4) is 17.4 Å². The van der Waals surface area contributed by atoms with Gasteiger partial charge in [-0.3, -0.25) is 4.79 Å². The molecule has 27 heavy (non-hydrogen) atoms. The molecule has 1 aromatic heterocycles. The van der Waals surface area contributed by atoms with Crippen LogP contribution >= 0.6 is 0 Å². The first-order valence-corrected chi connectivity index (χ1v) is 8.50. The summed E-state index contributed by atoms with van der Waals surface area (Å²) in [4.78, 5) is 23.1. The summed E-state index contributed by atoms with van der Waals surface area (Å²) in [7, 11) is 0. The highest BCUT2D eigenvalue weighted by Crippen LogP contribution is 2.24. The fraction of sp³-hybridized carbons (Fsp3) is 0.250. The number of carbonyl (C=O) groups is 2. The Bertz CT molecular complexity index is 916. The van der Waals surface area contributed by atoms with Crippen LogP contribution in [0.2, 0.25) is 0 Å². The molecule has 1 N–H and O–H groups in total. The molecule has 0 spiro atoms. The van der Waals surface area contributed by atoms with Gasteiger partial charge >= 0.3 is 0 Å². The molecule has 7 heteroatoms. The molecule has 0 bridgehead atoms. The van der Waals surface area contributed by atoms with E-state index in [0.29, 0.717) is 30.2 Å². The van der Waals surface area contributed by atoms with Crippen LogP contribution in [0.15, 0.2) is 46.4 Å². The molecule has 1 saturated heterocycles. The predicted molar refractivity (Wildman–Crippen MR) is 94.0 cm³/mol. The van der Waals surface area contributed by atoms with Crippen molar-refractivity contribution in [3.63, 3.8) is 0 Å². The van der Waals surface area contributed by atoms with E-state index in [1.54, 1.807) is 24.3 Å². The molecule has 1 aliphatic rings. The number of carbonyl (C=O) groups excluding carboxylic acids is 2. The number of carboxylic acid groups (broad SMARTS) is 1. The van der Waals surface area contributed by atoms with E-state index in [4.69, 9.17) is 9.15 Å². The van der Waals surface area contributed by atoms with E-state index in [0.717, 1.165) is 12.8 Å². The highest BCUT2D eigenvalue weighted by molar-refractivity contribution is 6.01. The third-order valence-corrected chi connectivity index (χ3v) is 4.18. The van der Waals surface area contributed by atoms with Crippen molar-refractivity contribution in [1.29, 1.82) is 5.26 Å². The van der Waals surface area contributed by atoms with Crippen LogP contribution in [0.4, 0.5) is 0 Å². The second-order valence-electron chi connectivity index (χ2n) is 6.09. The van der Waals surface area contributed by atoms with Crippen LogP contribution in [-0.4, -0.2) is 31.1 Å². The van der Waals surface area contributed by atoms with Crippen molar-refractivity contribution >= 4 is 18.0 Å². The largest absolute Gasteiger partial charge is 0.545 e. The molecule has 2 heterocycles. The lowest BCUT2D eigenvalue weighted by atomic mass is 10.1. The topological polar surface area (TPSA) is 115 Å². The molecule has 7 nitrogen and oxygen atoms in total. The van der Waals surface area contributed by atoms with E-state index in [-0.39, 0.29) is 17.2 Å². The van der Waals surface area contributed by atoms with Crippen molar-refractivity contribution in [2.45, 2.75) is 18.9 Å². The van der Waals surface area contributed by atoms with E-state index in [1.165, 1.54) is 18.2 Å². The van der Waals surface area contributed by atoms with Crippen molar-refractivity contribution in [2.75, 3.05) is 13.2 Å². The van der Waals surface area contributed by atoms with Gasteiger partial charge in [0.15, 0.2) is 0 Å². The second-order valence-corrected chi connectivity index (χ2v) is 6.09. The zero-order valence-electron chi connectivity index (χ0n) is 14.4. The summed E-state index contributed by atoms with van der Waals surface area (Å²) in [5, 5.41) is 22.9. The van der Waals surface area contributed by atoms with Gasteiger partial charge in [-0.15, -0.1) is 0 Å². The normalized spacial score (nSPS) is 16.7. The fourth-order valence-electron chi connectivity index (χ4n) is 2.78. The van der Waals surface area contributed by atoms with E-state index in [1.807, 2.05) is 6.07 Å². The van der Waals surface area contributed by atoms with E-state index in [9.17, 15) is 20.0 Å². The Morgan fingerprint density at radius 3 is 2.89 bits per heavy atom. The molecular weight excluding hydrogens is 348 g/mol. The second kappa shape index (κ2) is 8.34. The maximum Gasteiger partial charge on any atom is 0.262 e. The van der Waals surface area contributed by atoms with Crippen LogP contribution in [0.3, 0.4) is 0 Å². The number of furan rings is 1. The van der Waals surface area contributed by atoms with Gasteiger partial charge in [0, 0.05) is 24.8 Å². The Kier molecular flexibility index (Phi) is 5.69. The number of amides is 1. The monoisotopic (exact) mass is 365 g/mol. The predicted octanol–water partition coefficient (Wildman–Crippen LogP) is 1.51. The van der Waals surface area contributed by atoms with Gasteiger partial charge in [0.2, 0.25) is 0 Å². The van der Waals surface area contributed by atoms with Crippen molar-refractivity contribution in [3.05, 3.63) is 53.3 Å². The molecule has 1 atom stereocenters. The summed E-state index contributed by atoms with van der Waals surface area (Å²) < 4.78 is 11.1. The maximum atomic E-state index is 12.2. The Labute approximate surface area is 155 Å². The Morgan fingerprint density at radius 2 is 2.19 bits per heavy atom. The summed E-state index contributed by atoms with van der Waals surface area (Å²) >= 11 is 0. The van der Waals surface area contributed by atoms with Gasteiger partial charge in [-0.25, -0.2) is 0 Å². The molecule has 2 aromatic rings. The molecule has 1 fully saturated rings. The van der Waals surface area contributed by atoms with Crippen LogP contribution in [0.1, 0.15) is 29.0 Å². The fourth-order valence-corrected chi connectivity index (χ4v) is 2.78. The Hall–Kier alpha value is -3.37. The number of ether oxygens (including phenoxy) is 1. The van der Waals surface area contributed by atoms with E-state index >= 15 is 0 Å². The lowest BCUT2D eigenvalue weighted by molar-refractivity contribution is -0.255. The average molecular weight is 365 g/mol. The Morgan fingerprint density at radius 1 is 1.33 bits per heavy atom. The maximum absolute atomic E-state index is 12.2. The quantitative estimate of drug-likeness (QED) is 0.613. The number of benzene rings is 1. The molecule has 1 aliphatic heterocycles. The van der Waals surface area contributed by atoms with E-state index < -0.39 is 11.9 Å². The molecule has 0 radical (unpaired) electrons. The molecule has 138 valence electrons. The number of nitrogens with zero attached hydrogens (tertiary/aromatic N) is 1. The van der Waals surface area contributed by atoms with Gasteiger partial charge in [-0.1, -0.05) is 18.2 Å². The van der Waals surface area contributed by atoms with Crippen LogP contribution in [0.5, 0.6) is 0 Å². The first kappa shape index (κ1) is 18.4. The Balaban J connectivity index is 1.72. The average Bonchev–Trinajstić information content (AvgIpc) is 3.36. The number of hydrogen-bond acceptors (Lipinski definition) is 6. The number of carboxylic acids is 1. The van der Waals surface area contributed by atoms with E-state index in [2.05, 4.69) is 5.32 Å². The zero-order valence-corrected chi connectivity index (χ0v) is 14.4. The van der Waals surface area contributed by atoms with Crippen molar-refractivity contribution in [2.24, 2.45) is 0 Å². The van der Waals surface area contributed by atoms with Gasteiger partial charge in [0.25, 0.3) is 5.91 Å². The number of nitrogens with one attached hydrogen (secondary N) is 1.